The summed E-state index contributed by atoms with van der Waals surface area (Å²) in [7, 11) is 0. The van der Waals surface area contributed by atoms with Crippen LogP contribution in [0.1, 0.15) is 30.6 Å². The van der Waals surface area contributed by atoms with Gasteiger partial charge in [-0.25, -0.2) is 0 Å². The fraction of sp³-hybridized carbons (Fsp3) is 0.444. The summed E-state index contributed by atoms with van der Waals surface area (Å²) in [5.74, 6) is 5.38. The van der Waals surface area contributed by atoms with Gasteiger partial charge in [-0.05, 0) is 31.0 Å². The maximum Gasteiger partial charge on any atom is 0.0629 e. The van der Waals surface area contributed by atoms with Crippen molar-refractivity contribution in [2.24, 2.45) is 5.84 Å². The molecule has 1 aromatic rings. The van der Waals surface area contributed by atoms with E-state index in [1.807, 2.05) is 18.3 Å². The molecule has 1 aromatic heterocycles. The Morgan fingerprint density at radius 3 is 2.92 bits per heavy atom. The number of aryl methyl sites for hydroxylation is 1. The average molecular weight is 165 g/mol. The first-order valence-corrected chi connectivity index (χ1v) is 4.16. The Balaban J connectivity index is 2.85. The molecule has 66 valence electrons. The van der Waals surface area contributed by atoms with Crippen LogP contribution in [0.5, 0.6) is 0 Å². The van der Waals surface area contributed by atoms with Crippen LogP contribution in [-0.4, -0.2) is 4.98 Å². The largest absolute Gasteiger partial charge is 0.271 e. The Labute approximate surface area is 73.0 Å². The van der Waals surface area contributed by atoms with Gasteiger partial charge >= 0.3 is 0 Å². The van der Waals surface area contributed by atoms with E-state index in [2.05, 4.69) is 24.3 Å². The zero-order valence-electron chi connectivity index (χ0n) is 7.54. The number of nitrogens with zero attached hydrogens (tertiary/aromatic N) is 1. The number of nitrogens with two attached hydrogens (primary N) is 1. The maximum absolute atomic E-state index is 5.38. The van der Waals surface area contributed by atoms with Gasteiger partial charge in [0.1, 0.15) is 0 Å². The Morgan fingerprint density at radius 2 is 2.42 bits per heavy atom. The summed E-state index contributed by atoms with van der Waals surface area (Å²) in [4.78, 5) is 4.24. The van der Waals surface area contributed by atoms with E-state index in [1.54, 1.807) is 0 Å². The van der Waals surface area contributed by atoms with Gasteiger partial charge in [0, 0.05) is 6.20 Å². The molecule has 0 spiro atoms. The summed E-state index contributed by atoms with van der Waals surface area (Å²) in [6.45, 7) is 4.13. The van der Waals surface area contributed by atoms with Gasteiger partial charge in [0.25, 0.3) is 0 Å². The summed E-state index contributed by atoms with van der Waals surface area (Å²) in [6, 6.07) is 4.20. The second-order valence-corrected chi connectivity index (χ2v) is 2.89. The quantitative estimate of drug-likeness (QED) is 0.524. The van der Waals surface area contributed by atoms with Crippen molar-refractivity contribution >= 4 is 0 Å². The lowest BCUT2D eigenvalue weighted by molar-refractivity contribution is 0.526. The fourth-order valence-corrected chi connectivity index (χ4v) is 1.16. The number of hydrogen-bond donors (Lipinski definition) is 2. The van der Waals surface area contributed by atoms with Crippen molar-refractivity contribution < 1.29 is 0 Å². The first-order chi connectivity index (χ1) is 5.77. The van der Waals surface area contributed by atoms with Crippen LogP contribution in [0.25, 0.3) is 0 Å². The molecule has 1 rings (SSSR count). The summed E-state index contributed by atoms with van der Waals surface area (Å²) < 4.78 is 0. The molecule has 0 saturated heterocycles. The second-order valence-electron chi connectivity index (χ2n) is 2.89. The minimum absolute atomic E-state index is 0.171. The molecule has 3 nitrogen and oxygen atoms in total. The van der Waals surface area contributed by atoms with E-state index < -0.39 is 0 Å². The van der Waals surface area contributed by atoms with Crippen molar-refractivity contribution in [2.75, 3.05) is 0 Å². The molecule has 3 heteroatoms. The van der Waals surface area contributed by atoms with E-state index >= 15 is 0 Å². The molecule has 0 bridgehead atoms. The Hall–Kier alpha value is -0.930. The molecule has 0 aliphatic carbocycles. The van der Waals surface area contributed by atoms with Crippen LogP contribution in [0, 0.1) is 6.92 Å². The van der Waals surface area contributed by atoms with E-state index in [4.69, 9.17) is 5.84 Å². The Bertz CT molecular complexity index is 243. The van der Waals surface area contributed by atoms with Crippen molar-refractivity contribution in [3.05, 3.63) is 29.6 Å². The third-order valence-corrected chi connectivity index (χ3v) is 1.90. The van der Waals surface area contributed by atoms with Crippen molar-refractivity contribution in [3.8, 4) is 0 Å². The number of hydrazine groups is 1. The Morgan fingerprint density at radius 1 is 1.67 bits per heavy atom. The summed E-state index contributed by atoms with van der Waals surface area (Å²) >= 11 is 0. The lowest BCUT2D eigenvalue weighted by Crippen LogP contribution is -2.28. The molecule has 0 aliphatic heterocycles. The van der Waals surface area contributed by atoms with Crippen LogP contribution in [0.4, 0.5) is 0 Å². The van der Waals surface area contributed by atoms with Crippen molar-refractivity contribution in [3.63, 3.8) is 0 Å². The highest BCUT2D eigenvalue weighted by atomic mass is 15.2. The van der Waals surface area contributed by atoms with Gasteiger partial charge in [-0.15, -0.1) is 0 Å². The van der Waals surface area contributed by atoms with Crippen LogP contribution >= 0.6 is 0 Å². The SMILES string of the molecule is CCC(NN)c1cc(C)ccn1. The summed E-state index contributed by atoms with van der Waals surface area (Å²) in [5.41, 5.74) is 4.96. The Kier molecular flexibility index (Phi) is 3.19. The molecule has 0 amide bonds. The maximum atomic E-state index is 5.38. The third-order valence-electron chi connectivity index (χ3n) is 1.90. The van der Waals surface area contributed by atoms with Crippen LogP contribution in [0.3, 0.4) is 0 Å². The van der Waals surface area contributed by atoms with Gasteiger partial charge in [0.15, 0.2) is 0 Å². The third kappa shape index (κ3) is 2.03. The van der Waals surface area contributed by atoms with E-state index in [9.17, 15) is 0 Å². The average Bonchev–Trinajstić information content (AvgIpc) is 2.07. The molecule has 1 unspecified atom stereocenters. The van der Waals surface area contributed by atoms with Gasteiger partial charge < -0.3 is 0 Å². The van der Waals surface area contributed by atoms with E-state index in [1.165, 1.54) is 5.56 Å². The van der Waals surface area contributed by atoms with Crippen LogP contribution in [0.2, 0.25) is 0 Å². The minimum atomic E-state index is 0.171. The van der Waals surface area contributed by atoms with Gasteiger partial charge in [-0.2, -0.15) is 0 Å². The predicted molar refractivity (Wildman–Crippen MR) is 49.3 cm³/mol. The van der Waals surface area contributed by atoms with Crippen molar-refractivity contribution in [1.29, 1.82) is 0 Å². The lowest BCUT2D eigenvalue weighted by Gasteiger charge is -2.12. The van der Waals surface area contributed by atoms with Crippen LogP contribution < -0.4 is 11.3 Å². The number of nitrogens with one attached hydrogen (secondary N) is 1. The zero-order chi connectivity index (χ0) is 8.97. The highest BCUT2D eigenvalue weighted by Crippen LogP contribution is 2.13. The number of aromatic nitrogens is 1. The normalized spacial score (nSPS) is 12.9. The number of pyridine rings is 1. The molecular weight excluding hydrogens is 150 g/mol. The zero-order valence-corrected chi connectivity index (χ0v) is 7.54. The monoisotopic (exact) mass is 165 g/mol. The molecule has 0 radical (unpaired) electrons. The smallest absolute Gasteiger partial charge is 0.0629 e. The van der Waals surface area contributed by atoms with Crippen molar-refractivity contribution in [2.45, 2.75) is 26.3 Å². The first-order valence-electron chi connectivity index (χ1n) is 4.16. The van der Waals surface area contributed by atoms with E-state index in [-0.39, 0.29) is 6.04 Å². The first kappa shape index (κ1) is 9.16. The van der Waals surface area contributed by atoms with Crippen LogP contribution in [0.15, 0.2) is 18.3 Å². The van der Waals surface area contributed by atoms with Crippen molar-refractivity contribution in [1.82, 2.24) is 10.4 Å². The van der Waals surface area contributed by atoms with Gasteiger partial charge in [-0.3, -0.25) is 16.3 Å². The molecule has 0 saturated carbocycles. The molecule has 3 N–H and O–H groups in total. The highest BCUT2D eigenvalue weighted by Gasteiger charge is 2.07. The number of hydrogen-bond acceptors (Lipinski definition) is 3. The number of rotatable bonds is 3. The summed E-state index contributed by atoms with van der Waals surface area (Å²) in [5, 5.41) is 0. The van der Waals surface area contributed by atoms with Crippen LogP contribution in [-0.2, 0) is 0 Å². The molecule has 0 aliphatic rings. The molecule has 0 aromatic carbocycles. The molecule has 1 atom stereocenters. The van der Waals surface area contributed by atoms with Gasteiger partial charge in [0.2, 0.25) is 0 Å². The lowest BCUT2D eigenvalue weighted by atomic mass is 10.1. The van der Waals surface area contributed by atoms with E-state index in [0.717, 1.165) is 12.1 Å². The molecule has 0 fully saturated rings. The van der Waals surface area contributed by atoms with Gasteiger partial charge in [0.05, 0.1) is 11.7 Å². The summed E-state index contributed by atoms with van der Waals surface area (Å²) in [6.07, 6.45) is 2.76. The molecule has 1 heterocycles. The van der Waals surface area contributed by atoms with E-state index in [0.29, 0.717) is 0 Å². The fourth-order valence-electron chi connectivity index (χ4n) is 1.16. The molecular formula is C9H15N3. The predicted octanol–water partition coefficient (Wildman–Crippen LogP) is 1.30. The highest BCUT2D eigenvalue weighted by molar-refractivity contribution is 5.16. The minimum Gasteiger partial charge on any atom is -0.271 e. The second kappa shape index (κ2) is 4.18. The topological polar surface area (TPSA) is 50.9 Å². The molecule has 12 heavy (non-hydrogen) atoms. The standard InChI is InChI=1S/C9H15N3/c1-3-8(12-10)9-6-7(2)4-5-11-9/h4-6,8,12H,3,10H2,1-2H3. The van der Waals surface area contributed by atoms with Gasteiger partial charge in [-0.1, -0.05) is 6.92 Å².